The van der Waals surface area contributed by atoms with Crippen LogP contribution in [0, 0.1) is 0 Å². The maximum Gasteiger partial charge on any atom is 0.338 e. The summed E-state index contributed by atoms with van der Waals surface area (Å²) in [5.74, 6) is 0.466. The highest BCUT2D eigenvalue weighted by Crippen LogP contribution is 2.13. The Kier molecular flexibility index (Phi) is 4.86. The summed E-state index contributed by atoms with van der Waals surface area (Å²) in [6, 6.07) is 16.8. The van der Waals surface area contributed by atoms with Gasteiger partial charge in [-0.2, -0.15) is 5.10 Å². The number of rotatable bonds is 6. The summed E-state index contributed by atoms with van der Waals surface area (Å²) in [6.45, 7) is 0.787. The van der Waals surface area contributed by atoms with Gasteiger partial charge < -0.3 is 10.1 Å². The fraction of sp³-hybridized carbons (Fsp3) is 0.167. The number of nitrogens with zero attached hydrogens (tertiary/aromatic N) is 3. The molecule has 0 aliphatic heterocycles. The second-order valence-corrected chi connectivity index (χ2v) is 5.30. The van der Waals surface area contributed by atoms with Crippen LogP contribution in [-0.2, 0) is 24.9 Å². The number of aromatic nitrogens is 3. The number of hydrogen-bond donors (Lipinski definition) is 1. The Morgan fingerprint density at radius 3 is 2.75 bits per heavy atom. The Morgan fingerprint density at radius 1 is 1.17 bits per heavy atom. The molecule has 6 heteroatoms. The smallest absolute Gasteiger partial charge is 0.338 e. The standard InChI is InChI=1S/C18H18N4O2/c1-22-17(20-13-21-22)11-19-16-9-5-8-15(10-16)18(23)24-12-14-6-3-2-4-7-14/h2-10,13,19H,11-12H2,1H3. The van der Waals surface area contributed by atoms with Gasteiger partial charge in [0.05, 0.1) is 12.1 Å². The van der Waals surface area contributed by atoms with Crippen LogP contribution in [0.25, 0.3) is 0 Å². The first kappa shape index (κ1) is 15.7. The third-order valence-electron chi connectivity index (χ3n) is 3.57. The van der Waals surface area contributed by atoms with Crippen molar-refractivity contribution in [1.29, 1.82) is 0 Å². The average molecular weight is 322 g/mol. The SMILES string of the molecule is Cn1ncnc1CNc1cccc(C(=O)OCc2ccccc2)c1. The molecule has 6 nitrogen and oxygen atoms in total. The fourth-order valence-electron chi connectivity index (χ4n) is 2.22. The quantitative estimate of drug-likeness (QED) is 0.707. The van der Waals surface area contributed by atoms with Gasteiger partial charge in [-0.05, 0) is 23.8 Å². The number of nitrogens with one attached hydrogen (secondary N) is 1. The number of ether oxygens (including phenoxy) is 1. The van der Waals surface area contributed by atoms with E-state index in [1.165, 1.54) is 6.33 Å². The summed E-state index contributed by atoms with van der Waals surface area (Å²) in [7, 11) is 1.83. The third-order valence-corrected chi connectivity index (χ3v) is 3.57. The number of benzene rings is 2. The van der Waals surface area contributed by atoms with E-state index in [0.717, 1.165) is 17.1 Å². The number of esters is 1. The van der Waals surface area contributed by atoms with Crippen molar-refractivity contribution in [3.63, 3.8) is 0 Å². The number of carbonyl (C=O) groups excluding carboxylic acids is 1. The van der Waals surface area contributed by atoms with Crippen LogP contribution in [0.1, 0.15) is 21.7 Å². The molecule has 0 fully saturated rings. The molecule has 1 heterocycles. The van der Waals surface area contributed by atoms with Gasteiger partial charge in [-0.15, -0.1) is 0 Å². The summed E-state index contributed by atoms with van der Waals surface area (Å²) < 4.78 is 7.04. The zero-order valence-corrected chi connectivity index (χ0v) is 13.3. The molecule has 0 radical (unpaired) electrons. The zero-order chi connectivity index (χ0) is 16.8. The molecule has 122 valence electrons. The van der Waals surface area contributed by atoms with Crippen LogP contribution in [-0.4, -0.2) is 20.7 Å². The molecule has 0 aliphatic carbocycles. The number of hydrogen-bond acceptors (Lipinski definition) is 5. The first-order valence-corrected chi connectivity index (χ1v) is 7.60. The first-order valence-electron chi connectivity index (χ1n) is 7.60. The first-order chi connectivity index (χ1) is 11.7. The van der Waals surface area contributed by atoms with Gasteiger partial charge in [0.15, 0.2) is 0 Å². The average Bonchev–Trinajstić information content (AvgIpc) is 3.04. The van der Waals surface area contributed by atoms with Gasteiger partial charge in [-0.25, -0.2) is 9.78 Å². The molecular formula is C18H18N4O2. The van der Waals surface area contributed by atoms with E-state index in [2.05, 4.69) is 15.4 Å². The second kappa shape index (κ2) is 7.41. The topological polar surface area (TPSA) is 69.0 Å². The Labute approximate surface area is 140 Å². The molecule has 0 saturated carbocycles. The molecule has 0 aliphatic rings. The highest BCUT2D eigenvalue weighted by molar-refractivity contribution is 5.90. The normalized spacial score (nSPS) is 10.4. The molecule has 3 rings (SSSR count). The van der Waals surface area contributed by atoms with Crippen LogP contribution in [0.3, 0.4) is 0 Å². The monoisotopic (exact) mass is 322 g/mol. The Hall–Kier alpha value is -3.15. The minimum Gasteiger partial charge on any atom is -0.457 e. The molecule has 0 amide bonds. The lowest BCUT2D eigenvalue weighted by Crippen LogP contribution is -2.08. The minimum absolute atomic E-state index is 0.260. The Morgan fingerprint density at radius 2 is 2.00 bits per heavy atom. The molecule has 3 aromatic rings. The summed E-state index contributed by atoms with van der Waals surface area (Å²) >= 11 is 0. The lowest BCUT2D eigenvalue weighted by molar-refractivity contribution is 0.0473. The number of aryl methyl sites for hydroxylation is 1. The highest BCUT2D eigenvalue weighted by atomic mass is 16.5. The van der Waals surface area contributed by atoms with Crippen molar-refractivity contribution in [2.24, 2.45) is 7.05 Å². The van der Waals surface area contributed by atoms with Crippen molar-refractivity contribution < 1.29 is 9.53 Å². The predicted molar refractivity (Wildman–Crippen MR) is 90.3 cm³/mol. The zero-order valence-electron chi connectivity index (χ0n) is 13.3. The van der Waals surface area contributed by atoms with E-state index in [0.29, 0.717) is 12.1 Å². The van der Waals surface area contributed by atoms with Crippen LogP contribution in [0.15, 0.2) is 60.9 Å². The van der Waals surface area contributed by atoms with Crippen molar-refractivity contribution in [2.45, 2.75) is 13.2 Å². The fourth-order valence-corrected chi connectivity index (χ4v) is 2.22. The van der Waals surface area contributed by atoms with Gasteiger partial charge in [0.1, 0.15) is 18.8 Å². The maximum absolute atomic E-state index is 12.2. The highest BCUT2D eigenvalue weighted by Gasteiger charge is 2.08. The Bertz CT molecular complexity index is 815. The molecule has 0 bridgehead atoms. The number of carbonyl (C=O) groups is 1. The van der Waals surface area contributed by atoms with Crippen molar-refractivity contribution >= 4 is 11.7 Å². The molecule has 0 unspecified atom stereocenters. The lowest BCUT2D eigenvalue weighted by Gasteiger charge is -2.08. The van der Waals surface area contributed by atoms with Crippen LogP contribution in [0.2, 0.25) is 0 Å². The maximum atomic E-state index is 12.2. The van der Waals surface area contributed by atoms with Gasteiger partial charge in [0.25, 0.3) is 0 Å². The van der Waals surface area contributed by atoms with E-state index in [4.69, 9.17) is 4.74 Å². The van der Waals surface area contributed by atoms with E-state index in [9.17, 15) is 4.79 Å². The van der Waals surface area contributed by atoms with Crippen LogP contribution in [0.5, 0.6) is 0 Å². The van der Waals surface area contributed by atoms with Gasteiger partial charge in [0.2, 0.25) is 0 Å². The summed E-state index contributed by atoms with van der Waals surface area (Å²) in [6.07, 6.45) is 1.51. The third kappa shape index (κ3) is 3.98. The summed E-state index contributed by atoms with van der Waals surface area (Å²) in [5, 5.41) is 7.25. The van der Waals surface area contributed by atoms with Crippen molar-refractivity contribution in [2.75, 3.05) is 5.32 Å². The molecule has 1 aromatic heterocycles. The van der Waals surface area contributed by atoms with E-state index in [-0.39, 0.29) is 12.6 Å². The van der Waals surface area contributed by atoms with Crippen LogP contribution < -0.4 is 5.32 Å². The van der Waals surface area contributed by atoms with E-state index >= 15 is 0 Å². The van der Waals surface area contributed by atoms with Crippen molar-refractivity contribution in [3.05, 3.63) is 77.9 Å². The Balaban J connectivity index is 1.60. The van der Waals surface area contributed by atoms with Gasteiger partial charge in [-0.3, -0.25) is 4.68 Å². The summed E-state index contributed by atoms with van der Waals surface area (Å²) in [4.78, 5) is 16.3. The molecule has 0 saturated heterocycles. The van der Waals surface area contributed by atoms with Crippen molar-refractivity contribution in [3.8, 4) is 0 Å². The van der Waals surface area contributed by atoms with Gasteiger partial charge in [0, 0.05) is 12.7 Å². The molecule has 0 atom stereocenters. The number of anilines is 1. The van der Waals surface area contributed by atoms with E-state index in [1.807, 2.05) is 49.5 Å². The van der Waals surface area contributed by atoms with Crippen LogP contribution >= 0.6 is 0 Å². The minimum atomic E-state index is -0.346. The molecule has 1 N–H and O–H groups in total. The van der Waals surface area contributed by atoms with Crippen LogP contribution in [0.4, 0.5) is 5.69 Å². The van der Waals surface area contributed by atoms with Gasteiger partial charge in [-0.1, -0.05) is 36.4 Å². The summed E-state index contributed by atoms with van der Waals surface area (Å²) in [5.41, 5.74) is 2.29. The molecule has 2 aromatic carbocycles. The lowest BCUT2D eigenvalue weighted by atomic mass is 10.2. The molecular weight excluding hydrogens is 304 g/mol. The largest absolute Gasteiger partial charge is 0.457 e. The van der Waals surface area contributed by atoms with Gasteiger partial charge >= 0.3 is 5.97 Å². The second-order valence-electron chi connectivity index (χ2n) is 5.30. The van der Waals surface area contributed by atoms with Crippen molar-refractivity contribution in [1.82, 2.24) is 14.8 Å². The predicted octanol–water partition coefficient (Wildman–Crippen LogP) is 2.78. The molecule has 0 spiro atoms. The van der Waals surface area contributed by atoms with E-state index < -0.39 is 0 Å². The van der Waals surface area contributed by atoms with E-state index in [1.54, 1.807) is 16.8 Å². The molecule has 24 heavy (non-hydrogen) atoms.